The number of hydrogen-bond donors (Lipinski definition) is 0. The molecule has 1 rings (SSSR count). The third kappa shape index (κ3) is 3.72. The van der Waals surface area contributed by atoms with Gasteiger partial charge in [-0.05, 0) is 37.6 Å². The first-order valence-corrected chi connectivity index (χ1v) is 5.29. The third-order valence-corrected chi connectivity index (χ3v) is 2.29. The van der Waals surface area contributed by atoms with Crippen molar-refractivity contribution in [3.8, 4) is 0 Å². The van der Waals surface area contributed by atoms with Crippen molar-refractivity contribution in [1.82, 2.24) is 0 Å². The molecule has 1 aromatic rings. The van der Waals surface area contributed by atoms with Crippen LogP contribution in [-0.2, 0) is 9.59 Å². The quantitative estimate of drug-likeness (QED) is 0.442. The maximum atomic E-state index is 11.1. The van der Waals surface area contributed by atoms with Gasteiger partial charge in [0.15, 0.2) is 0 Å². The van der Waals surface area contributed by atoms with Crippen LogP contribution >= 0.6 is 0 Å². The van der Waals surface area contributed by atoms with Crippen LogP contribution in [0.15, 0.2) is 53.8 Å². The van der Waals surface area contributed by atoms with Crippen molar-refractivity contribution >= 4 is 18.4 Å². The van der Waals surface area contributed by atoms with Crippen LogP contribution in [-0.4, -0.2) is 12.7 Å². The normalized spacial score (nSPS) is 12.1. The average Bonchev–Trinajstić information content (AvgIpc) is 2.38. The van der Waals surface area contributed by atoms with E-state index in [0.29, 0.717) is 5.57 Å². The van der Waals surface area contributed by atoms with Crippen molar-refractivity contribution in [1.29, 1.82) is 0 Å². The van der Waals surface area contributed by atoms with Crippen LogP contribution in [0, 0.1) is 0 Å². The van der Waals surface area contributed by atoms with E-state index in [2.05, 4.69) is 0 Å². The van der Waals surface area contributed by atoms with Gasteiger partial charge in [-0.25, -0.2) is 0 Å². The number of anilines is 1. The van der Waals surface area contributed by atoms with Gasteiger partial charge in [-0.2, -0.15) is 0 Å². The van der Waals surface area contributed by atoms with Crippen LogP contribution in [0.5, 0.6) is 0 Å². The van der Waals surface area contributed by atoms with Crippen molar-refractivity contribution in [2.24, 2.45) is 0 Å². The molecule has 0 aromatic heterocycles. The summed E-state index contributed by atoms with van der Waals surface area (Å²) in [6.45, 7) is 3.53. The van der Waals surface area contributed by atoms with E-state index < -0.39 is 0 Å². The van der Waals surface area contributed by atoms with Crippen molar-refractivity contribution in [3.63, 3.8) is 0 Å². The fourth-order valence-corrected chi connectivity index (χ4v) is 1.31. The highest BCUT2D eigenvalue weighted by molar-refractivity contribution is 5.80. The van der Waals surface area contributed by atoms with Gasteiger partial charge in [-0.15, -0.1) is 0 Å². The number of nitrogens with zero attached hydrogens (tertiary/aromatic N) is 1. The zero-order valence-corrected chi connectivity index (χ0v) is 9.96. The van der Waals surface area contributed by atoms with E-state index in [4.69, 9.17) is 0 Å². The highest BCUT2D eigenvalue weighted by atomic mass is 16.1. The van der Waals surface area contributed by atoms with Gasteiger partial charge >= 0.3 is 0 Å². The smallest absolute Gasteiger partial charge is 0.218 e. The van der Waals surface area contributed by atoms with E-state index in [1.807, 2.05) is 37.3 Å². The number of allylic oxidation sites excluding steroid dienone is 4. The SMILES string of the molecule is C/C(=C/C=C(\C)C=O)N(C=O)c1ccccc1. The molecule has 3 heteroatoms. The summed E-state index contributed by atoms with van der Waals surface area (Å²) in [5, 5.41) is 0. The Labute approximate surface area is 101 Å². The highest BCUT2D eigenvalue weighted by Gasteiger charge is 2.05. The maximum absolute atomic E-state index is 11.1. The molecule has 3 nitrogen and oxygen atoms in total. The molecule has 1 aromatic carbocycles. The molecule has 0 N–H and O–H groups in total. The van der Waals surface area contributed by atoms with Gasteiger partial charge in [-0.3, -0.25) is 14.5 Å². The Morgan fingerprint density at radius 3 is 2.24 bits per heavy atom. The average molecular weight is 229 g/mol. The minimum Gasteiger partial charge on any atom is -0.298 e. The summed E-state index contributed by atoms with van der Waals surface area (Å²) in [4.78, 5) is 23.0. The van der Waals surface area contributed by atoms with Crippen LogP contribution in [0.25, 0.3) is 0 Å². The summed E-state index contributed by atoms with van der Waals surface area (Å²) < 4.78 is 0. The lowest BCUT2D eigenvalue weighted by Crippen LogP contribution is -2.18. The van der Waals surface area contributed by atoms with Crippen molar-refractivity contribution in [3.05, 3.63) is 53.8 Å². The zero-order chi connectivity index (χ0) is 12.7. The number of aldehydes is 1. The molecule has 17 heavy (non-hydrogen) atoms. The van der Waals surface area contributed by atoms with Gasteiger partial charge in [0.05, 0.1) is 0 Å². The van der Waals surface area contributed by atoms with E-state index in [1.165, 1.54) is 4.90 Å². The largest absolute Gasteiger partial charge is 0.298 e. The Morgan fingerprint density at radius 2 is 1.71 bits per heavy atom. The van der Waals surface area contributed by atoms with Gasteiger partial charge in [0.1, 0.15) is 6.29 Å². The number of carbonyl (C=O) groups excluding carboxylic acids is 2. The molecule has 88 valence electrons. The number of amides is 1. The molecule has 0 fully saturated rings. The van der Waals surface area contributed by atoms with E-state index in [-0.39, 0.29) is 0 Å². The Hall–Kier alpha value is -2.16. The second-order valence-electron chi connectivity index (χ2n) is 3.65. The molecule has 0 bridgehead atoms. The molecule has 1 amide bonds. The zero-order valence-electron chi connectivity index (χ0n) is 9.96. The first-order chi connectivity index (χ1) is 8.19. The Bertz CT molecular complexity index is 447. The summed E-state index contributed by atoms with van der Waals surface area (Å²) >= 11 is 0. The van der Waals surface area contributed by atoms with E-state index in [9.17, 15) is 9.59 Å². The van der Waals surface area contributed by atoms with Crippen LogP contribution in [0.3, 0.4) is 0 Å². The summed E-state index contributed by atoms with van der Waals surface area (Å²) in [5.41, 5.74) is 2.17. The summed E-state index contributed by atoms with van der Waals surface area (Å²) in [6.07, 6.45) is 4.95. The molecule has 0 saturated heterocycles. The van der Waals surface area contributed by atoms with E-state index in [1.54, 1.807) is 19.1 Å². The number of benzene rings is 1. The predicted molar refractivity (Wildman–Crippen MR) is 68.6 cm³/mol. The standard InChI is InChI=1S/C14H15NO2/c1-12(10-16)8-9-13(2)15(11-17)14-6-4-3-5-7-14/h3-11H,1-2H3/b12-8+,13-9-. The van der Waals surface area contributed by atoms with Crippen LogP contribution in [0.2, 0.25) is 0 Å². The first-order valence-electron chi connectivity index (χ1n) is 5.29. The number of rotatable bonds is 5. The van der Waals surface area contributed by atoms with Gasteiger partial charge < -0.3 is 0 Å². The molecule has 0 aliphatic heterocycles. The Kier molecular flexibility index (Phi) is 4.88. The molecule has 0 aliphatic rings. The monoisotopic (exact) mass is 229 g/mol. The van der Waals surface area contributed by atoms with Crippen LogP contribution in [0.4, 0.5) is 5.69 Å². The lowest BCUT2D eigenvalue weighted by atomic mass is 10.2. The lowest BCUT2D eigenvalue weighted by molar-refractivity contribution is -0.107. The third-order valence-electron chi connectivity index (χ3n) is 2.29. The van der Waals surface area contributed by atoms with Gasteiger partial charge in [0.2, 0.25) is 6.41 Å². The fraction of sp³-hybridized carbons (Fsp3) is 0.143. The summed E-state index contributed by atoms with van der Waals surface area (Å²) in [6, 6.07) is 9.32. The van der Waals surface area contributed by atoms with Gasteiger partial charge in [0, 0.05) is 11.4 Å². The number of para-hydroxylation sites is 1. The van der Waals surface area contributed by atoms with E-state index in [0.717, 1.165) is 24.1 Å². The molecule has 0 aliphatic carbocycles. The van der Waals surface area contributed by atoms with Crippen molar-refractivity contribution in [2.75, 3.05) is 4.90 Å². The second-order valence-corrected chi connectivity index (χ2v) is 3.65. The van der Waals surface area contributed by atoms with Crippen molar-refractivity contribution in [2.45, 2.75) is 13.8 Å². The molecule has 0 spiro atoms. The summed E-state index contributed by atoms with van der Waals surface area (Å²) in [7, 11) is 0. The van der Waals surface area contributed by atoms with Crippen molar-refractivity contribution < 1.29 is 9.59 Å². The van der Waals surface area contributed by atoms with Gasteiger partial charge in [-0.1, -0.05) is 24.3 Å². The minimum atomic E-state index is 0.614. The molecule has 0 heterocycles. The molecule has 0 atom stereocenters. The van der Waals surface area contributed by atoms with Crippen LogP contribution < -0.4 is 4.90 Å². The van der Waals surface area contributed by atoms with Gasteiger partial charge in [0.25, 0.3) is 0 Å². The number of hydrogen-bond acceptors (Lipinski definition) is 2. The Morgan fingerprint density at radius 1 is 1.06 bits per heavy atom. The highest BCUT2D eigenvalue weighted by Crippen LogP contribution is 2.16. The molecule has 0 radical (unpaired) electrons. The maximum Gasteiger partial charge on any atom is 0.218 e. The molecule has 0 unspecified atom stereocenters. The molecular weight excluding hydrogens is 214 g/mol. The minimum absolute atomic E-state index is 0.614. The number of carbonyl (C=O) groups is 2. The summed E-state index contributed by atoms with van der Waals surface area (Å²) in [5.74, 6) is 0. The topological polar surface area (TPSA) is 37.4 Å². The lowest BCUT2D eigenvalue weighted by Gasteiger charge is -2.17. The fourth-order valence-electron chi connectivity index (χ4n) is 1.31. The van der Waals surface area contributed by atoms with Crippen LogP contribution in [0.1, 0.15) is 13.8 Å². The molecular formula is C14H15NO2. The Balaban J connectivity index is 2.96. The predicted octanol–water partition coefficient (Wildman–Crippen LogP) is 2.70. The van der Waals surface area contributed by atoms with E-state index >= 15 is 0 Å². The molecule has 0 saturated carbocycles. The second kappa shape index (κ2) is 6.43. The first kappa shape index (κ1) is 12.9.